The van der Waals surface area contributed by atoms with Crippen LogP contribution in [0, 0.1) is 0 Å². The molecule has 1 aromatic rings. The molecule has 0 fully saturated rings. The number of likely N-dealkylation sites (N-methyl/N-ethyl adjacent to an activating group) is 1. The lowest BCUT2D eigenvalue weighted by Gasteiger charge is -2.29. The molecule has 0 aromatic carbocycles. The Hall–Kier alpha value is -2.09. The van der Waals surface area contributed by atoms with Gasteiger partial charge in [0.05, 0.1) is 12.2 Å². The van der Waals surface area contributed by atoms with Crippen LogP contribution in [0.25, 0.3) is 0 Å². The highest BCUT2D eigenvalue weighted by atomic mass is 16.6. The van der Waals surface area contributed by atoms with Gasteiger partial charge in [0.25, 0.3) is 5.91 Å². The molecule has 0 unspecified atom stereocenters. The van der Waals surface area contributed by atoms with Crippen LogP contribution in [0.1, 0.15) is 56.4 Å². The number of fused-ring (bicyclic) bond motifs is 1. The van der Waals surface area contributed by atoms with E-state index < -0.39 is 5.60 Å². The van der Waals surface area contributed by atoms with Crippen molar-refractivity contribution in [1.29, 1.82) is 0 Å². The number of nitrogens with one attached hydrogen (secondary N) is 1. The largest absolute Gasteiger partial charge is 0.444 e. The van der Waals surface area contributed by atoms with Crippen LogP contribution in [0.5, 0.6) is 0 Å². The third-order valence-corrected chi connectivity index (χ3v) is 4.67. The summed E-state index contributed by atoms with van der Waals surface area (Å²) in [5.41, 5.74) is 1.68. The molecule has 152 valence electrons. The van der Waals surface area contributed by atoms with Crippen LogP contribution < -0.4 is 5.32 Å². The number of carbonyl (C=O) groups is 2. The lowest BCUT2D eigenvalue weighted by molar-refractivity contribution is 0.0222. The van der Waals surface area contributed by atoms with Gasteiger partial charge in [-0.3, -0.25) is 9.48 Å². The van der Waals surface area contributed by atoms with E-state index in [1.165, 1.54) is 0 Å². The average Bonchev–Trinajstić information content (AvgIpc) is 2.92. The van der Waals surface area contributed by atoms with E-state index in [2.05, 4.69) is 29.2 Å². The van der Waals surface area contributed by atoms with Crippen molar-refractivity contribution in [3.05, 3.63) is 17.0 Å². The predicted molar refractivity (Wildman–Crippen MR) is 104 cm³/mol. The normalized spacial score (nSPS) is 14.3. The fraction of sp³-hybridized carbons (Fsp3) is 0.737. The van der Waals surface area contributed by atoms with Crippen molar-refractivity contribution in [2.24, 2.45) is 7.05 Å². The predicted octanol–water partition coefficient (Wildman–Crippen LogP) is 1.78. The molecule has 0 bridgehead atoms. The number of hydrogen-bond donors (Lipinski definition) is 1. The number of amides is 2. The van der Waals surface area contributed by atoms with Crippen LogP contribution in [0.15, 0.2) is 0 Å². The van der Waals surface area contributed by atoms with Gasteiger partial charge >= 0.3 is 6.09 Å². The Labute approximate surface area is 161 Å². The topological polar surface area (TPSA) is 79.7 Å². The summed E-state index contributed by atoms with van der Waals surface area (Å²) in [6.45, 7) is 13.9. The van der Waals surface area contributed by atoms with Gasteiger partial charge in [-0.05, 0) is 33.9 Å². The van der Waals surface area contributed by atoms with Gasteiger partial charge in [-0.25, -0.2) is 4.79 Å². The minimum absolute atomic E-state index is 0.149. The van der Waals surface area contributed by atoms with Crippen LogP contribution >= 0.6 is 0 Å². The van der Waals surface area contributed by atoms with Crippen LogP contribution in [-0.4, -0.2) is 69.9 Å². The van der Waals surface area contributed by atoms with Gasteiger partial charge in [0, 0.05) is 38.7 Å². The molecule has 1 aliphatic rings. The number of nitrogens with zero attached hydrogens (tertiary/aromatic N) is 4. The van der Waals surface area contributed by atoms with Crippen molar-refractivity contribution in [2.75, 3.05) is 32.7 Å². The van der Waals surface area contributed by atoms with Crippen molar-refractivity contribution in [1.82, 2.24) is 24.9 Å². The molecule has 0 spiro atoms. The highest BCUT2D eigenvalue weighted by Crippen LogP contribution is 2.23. The number of carbonyl (C=O) groups excluding carboxylic acids is 2. The smallest absolute Gasteiger partial charge is 0.410 e. The van der Waals surface area contributed by atoms with Crippen molar-refractivity contribution in [3.8, 4) is 0 Å². The molecule has 0 saturated carbocycles. The molecule has 0 radical (unpaired) electrons. The molecule has 2 rings (SSSR count). The van der Waals surface area contributed by atoms with Gasteiger partial charge in [0.1, 0.15) is 11.3 Å². The Morgan fingerprint density at radius 3 is 2.52 bits per heavy atom. The van der Waals surface area contributed by atoms with E-state index in [0.717, 1.165) is 30.9 Å². The SMILES string of the molecule is CCN(CC)CCNC(=O)c1c2c(nn1C)CCN(C(=O)OC(C)(C)C)C2. The first kappa shape index (κ1) is 21.2. The zero-order valence-corrected chi connectivity index (χ0v) is 17.5. The second-order valence-electron chi connectivity index (χ2n) is 7.83. The van der Waals surface area contributed by atoms with Gasteiger partial charge in [-0.1, -0.05) is 13.8 Å². The van der Waals surface area contributed by atoms with Gasteiger partial charge in [0.15, 0.2) is 0 Å². The highest BCUT2D eigenvalue weighted by molar-refractivity contribution is 5.94. The molecule has 2 amide bonds. The Morgan fingerprint density at radius 2 is 1.93 bits per heavy atom. The van der Waals surface area contributed by atoms with Gasteiger partial charge in [0.2, 0.25) is 0 Å². The van der Waals surface area contributed by atoms with Gasteiger partial charge in [-0.2, -0.15) is 5.10 Å². The minimum atomic E-state index is -0.545. The Kier molecular flexibility index (Phi) is 6.86. The zero-order chi connectivity index (χ0) is 20.2. The number of aryl methyl sites for hydroxylation is 1. The van der Waals surface area contributed by atoms with Gasteiger partial charge < -0.3 is 19.9 Å². The first-order valence-electron chi connectivity index (χ1n) is 9.69. The van der Waals surface area contributed by atoms with E-state index in [9.17, 15) is 9.59 Å². The van der Waals surface area contributed by atoms with Crippen LogP contribution in [0.2, 0.25) is 0 Å². The maximum absolute atomic E-state index is 12.7. The molecule has 8 heteroatoms. The fourth-order valence-corrected chi connectivity index (χ4v) is 3.22. The molecule has 1 N–H and O–H groups in total. The summed E-state index contributed by atoms with van der Waals surface area (Å²) in [7, 11) is 1.77. The Morgan fingerprint density at radius 1 is 1.26 bits per heavy atom. The average molecular weight is 380 g/mol. The van der Waals surface area contributed by atoms with Crippen molar-refractivity contribution >= 4 is 12.0 Å². The third kappa shape index (κ3) is 5.45. The van der Waals surface area contributed by atoms with E-state index in [4.69, 9.17) is 4.74 Å². The van der Waals surface area contributed by atoms with Crippen LogP contribution in [-0.2, 0) is 24.8 Å². The molecular formula is C19H33N5O3. The Balaban J connectivity index is 2.07. The third-order valence-electron chi connectivity index (χ3n) is 4.67. The van der Waals surface area contributed by atoms with Crippen molar-refractivity contribution < 1.29 is 14.3 Å². The van der Waals surface area contributed by atoms with E-state index in [0.29, 0.717) is 31.7 Å². The van der Waals surface area contributed by atoms with Gasteiger partial charge in [-0.15, -0.1) is 0 Å². The number of aromatic nitrogens is 2. The van der Waals surface area contributed by atoms with Crippen molar-refractivity contribution in [3.63, 3.8) is 0 Å². The maximum atomic E-state index is 12.7. The molecule has 1 aromatic heterocycles. The molecular weight excluding hydrogens is 346 g/mol. The van der Waals surface area contributed by atoms with Crippen LogP contribution in [0.3, 0.4) is 0 Å². The summed E-state index contributed by atoms with van der Waals surface area (Å²) < 4.78 is 7.09. The summed E-state index contributed by atoms with van der Waals surface area (Å²) in [6.07, 6.45) is 0.264. The van der Waals surface area contributed by atoms with E-state index in [1.807, 2.05) is 20.8 Å². The molecule has 27 heavy (non-hydrogen) atoms. The Bertz CT molecular complexity index is 674. The lowest BCUT2D eigenvalue weighted by Crippen LogP contribution is -2.40. The first-order valence-corrected chi connectivity index (χ1v) is 9.69. The van der Waals surface area contributed by atoms with Crippen molar-refractivity contribution in [2.45, 2.75) is 53.2 Å². The summed E-state index contributed by atoms with van der Waals surface area (Å²) in [6, 6.07) is 0. The minimum Gasteiger partial charge on any atom is -0.444 e. The molecule has 0 atom stereocenters. The molecule has 2 heterocycles. The van der Waals surface area contributed by atoms with E-state index in [-0.39, 0.29) is 12.0 Å². The van der Waals surface area contributed by atoms with Crippen LogP contribution in [0.4, 0.5) is 4.79 Å². The second-order valence-corrected chi connectivity index (χ2v) is 7.83. The fourth-order valence-electron chi connectivity index (χ4n) is 3.22. The molecule has 8 nitrogen and oxygen atoms in total. The summed E-state index contributed by atoms with van der Waals surface area (Å²) >= 11 is 0. The first-order chi connectivity index (χ1) is 12.7. The lowest BCUT2D eigenvalue weighted by atomic mass is 10.1. The summed E-state index contributed by atoms with van der Waals surface area (Å²) in [5, 5.41) is 7.46. The van der Waals surface area contributed by atoms with E-state index >= 15 is 0 Å². The molecule has 0 aliphatic carbocycles. The monoisotopic (exact) mass is 379 g/mol. The summed E-state index contributed by atoms with van der Waals surface area (Å²) in [4.78, 5) is 29.0. The second kappa shape index (κ2) is 8.73. The van der Waals surface area contributed by atoms with E-state index in [1.54, 1.807) is 16.6 Å². The zero-order valence-electron chi connectivity index (χ0n) is 17.5. The standard InChI is InChI=1S/C19H33N5O3/c1-7-23(8-2)12-10-20-17(25)16-14-13-24(18(26)27-19(3,4)5)11-9-15(14)21-22(16)6/h7-13H2,1-6H3,(H,20,25). The molecule has 0 saturated heterocycles. The molecule has 1 aliphatic heterocycles. The highest BCUT2D eigenvalue weighted by Gasteiger charge is 2.31. The number of rotatable bonds is 6. The number of hydrogen-bond acceptors (Lipinski definition) is 5. The maximum Gasteiger partial charge on any atom is 0.410 e. The summed E-state index contributed by atoms with van der Waals surface area (Å²) in [5.74, 6) is -0.149. The quantitative estimate of drug-likeness (QED) is 0.815. The number of ether oxygens (including phenoxy) is 1.